The number of hydrogen-bond donors (Lipinski definition) is 1. The first-order chi connectivity index (χ1) is 13.1. The zero-order valence-corrected chi connectivity index (χ0v) is 17.0. The molecule has 1 aliphatic rings. The number of hydrogen-bond acceptors (Lipinski definition) is 5. The lowest BCUT2D eigenvalue weighted by molar-refractivity contribution is -0.116. The first-order valence-electron chi connectivity index (χ1n) is 9.53. The summed E-state index contributed by atoms with van der Waals surface area (Å²) >= 11 is 1.58. The van der Waals surface area contributed by atoms with Gasteiger partial charge in [0.1, 0.15) is 0 Å². The Labute approximate surface area is 165 Å². The lowest BCUT2D eigenvalue weighted by Gasteiger charge is -2.34. The summed E-state index contributed by atoms with van der Waals surface area (Å²) in [5.41, 5.74) is 3.27. The maximum atomic E-state index is 11.9. The molecule has 1 N–H and O–H groups in total. The zero-order chi connectivity index (χ0) is 19.1. The van der Waals surface area contributed by atoms with Gasteiger partial charge in [0.2, 0.25) is 5.91 Å². The molecule has 2 heterocycles. The van der Waals surface area contributed by atoms with Crippen molar-refractivity contribution < 1.29 is 4.79 Å². The molecule has 0 saturated carbocycles. The Morgan fingerprint density at radius 2 is 1.81 bits per heavy atom. The van der Waals surface area contributed by atoms with E-state index in [1.54, 1.807) is 23.5 Å². The minimum atomic E-state index is -0.0986. The first kappa shape index (κ1) is 19.7. The number of carbonyl (C=O) groups excluding carboxylic acids is 1. The van der Waals surface area contributed by atoms with Crippen molar-refractivity contribution in [2.75, 3.05) is 32.7 Å². The topological polar surface area (TPSA) is 48.5 Å². The van der Waals surface area contributed by atoms with Gasteiger partial charge < -0.3 is 10.2 Å². The lowest BCUT2D eigenvalue weighted by atomic mass is 10.1. The van der Waals surface area contributed by atoms with Gasteiger partial charge in [-0.2, -0.15) is 0 Å². The van der Waals surface area contributed by atoms with Crippen LogP contribution in [0.5, 0.6) is 0 Å². The molecule has 27 heavy (non-hydrogen) atoms. The number of aryl methyl sites for hydroxylation is 1. The number of aromatic nitrogens is 1. The fourth-order valence-electron chi connectivity index (χ4n) is 3.15. The zero-order valence-electron chi connectivity index (χ0n) is 16.1. The number of thiazole rings is 1. The van der Waals surface area contributed by atoms with Gasteiger partial charge in [-0.3, -0.25) is 9.69 Å². The van der Waals surface area contributed by atoms with Crippen LogP contribution in [0.3, 0.4) is 0 Å². The summed E-state index contributed by atoms with van der Waals surface area (Å²) in [5.74, 6) is -0.0986. The summed E-state index contributed by atoms with van der Waals surface area (Å²) in [4.78, 5) is 21.3. The molecule has 2 aromatic rings. The molecule has 0 radical (unpaired) electrons. The van der Waals surface area contributed by atoms with E-state index >= 15 is 0 Å². The smallest absolute Gasteiger partial charge is 0.244 e. The summed E-state index contributed by atoms with van der Waals surface area (Å²) in [5, 5.41) is 5.87. The molecule has 0 spiro atoms. The Hall–Kier alpha value is -2.02. The second-order valence-electron chi connectivity index (χ2n) is 6.87. The van der Waals surface area contributed by atoms with Crippen LogP contribution in [0.1, 0.15) is 28.8 Å². The van der Waals surface area contributed by atoms with Crippen molar-refractivity contribution in [3.63, 3.8) is 0 Å². The largest absolute Gasteiger partial charge is 0.348 e. The van der Waals surface area contributed by atoms with E-state index in [0.717, 1.165) is 55.5 Å². The molecule has 6 heteroatoms. The van der Waals surface area contributed by atoms with Crippen molar-refractivity contribution >= 4 is 23.3 Å². The van der Waals surface area contributed by atoms with E-state index in [4.69, 9.17) is 0 Å². The highest BCUT2D eigenvalue weighted by atomic mass is 32.1. The third-order valence-electron chi connectivity index (χ3n) is 4.85. The number of carbonyl (C=O) groups is 1. The lowest BCUT2D eigenvalue weighted by Crippen LogP contribution is -2.45. The second-order valence-corrected chi connectivity index (χ2v) is 7.93. The Balaban J connectivity index is 1.42. The summed E-state index contributed by atoms with van der Waals surface area (Å²) in [6.45, 7) is 11.5. The number of rotatable bonds is 7. The summed E-state index contributed by atoms with van der Waals surface area (Å²) in [6.07, 6.45) is 3.29. The standard InChI is InChI=1S/C21H28N4OS/c1-3-24-10-12-25(13-11-24)15-19-6-4-18(5-7-19)14-22-21(26)9-8-20-16-27-17(2)23-20/h4-9,16H,3,10-15H2,1-2H3,(H,22,26)/b9-8+. The van der Waals surface area contributed by atoms with Gasteiger partial charge in [-0.05, 0) is 30.7 Å². The molecule has 0 bridgehead atoms. The molecule has 5 nitrogen and oxygen atoms in total. The molecule has 1 saturated heterocycles. The third-order valence-corrected chi connectivity index (χ3v) is 5.64. The number of likely N-dealkylation sites (N-methyl/N-ethyl adjacent to an activating group) is 1. The van der Waals surface area contributed by atoms with Crippen molar-refractivity contribution in [3.05, 3.63) is 57.6 Å². The fraction of sp³-hybridized carbons (Fsp3) is 0.429. The molecule has 1 amide bonds. The first-order valence-corrected chi connectivity index (χ1v) is 10.4. The molecule has 1 fully saturated rings. The molecule has 1 aromatic carbocycles. The molecule has 0 atom stereocenters. The minimum Gasteiger partial charge on any atom is -0.348 e. The predicted octanol–water partition coefficient (Wildman–Crippen LogP) is 2.92. The molecule has 1 aromatic heterocycles. The van der Waals surface area contributed by atoms with Crippen molar-refractivity contribution in [3.8, 4) is 0 Å². The highest BCUT2D eigenvalue weighted by Gasteiger charge is 2.15. The number of nitrogens with zero attached hydrogens (tertiary/aromatic N) is 3. The van der Waals surface area contributed by atoms with Crippen LogP contribution in [0.4, 0.5) is 0 Å². The highest BCUT2D eigenvalue weighted by molar-refractivity contribution is 7.09. The van der Waals surface area contributed by atoms with E-state index in [9.17, 15) is 4.79 Å². The quantitative estimate of drug-likeness (QED) is 0.746. The van der Waals surface area contributed by atoms with E-state index in [1.807, 2.05) is 12.3 Å². The van der Waals surface area contributed by atoms with Crippen molar-refractivity contribution in [1.82, 2.24) is 20.1 Å². The SMILES string of the molecule is CCN1CCN(Cc2ccc(CNC(=O)/C=C/c3csc(C)n3)cc2)CC1. The number of amides is 1. The second kappa shape index (κ2) is 9.78. The number of piperazine rings is 1. The Bertz CT molecular complexity index is 761. The average molecular weight is 385 g/mol. The maximum absolute atomic E-state index is 11.9. The van der Waals surface area contributed by atoms with Gasteiger partial charge >= 0.3 is 0 Å². The van der Waals surface area contributed by atoms with Gasteiger partial charge in [0.25, 0.3) is 0 Å². The van der Waals surface area contributed by atoms with Gasteiger partial charge in [0.05, 0.1) is 10.7 Å². The van der Waals surface area contributed by atoms with Crippen molar-refractivity contribution in [1.29, 1.82) is 0 Å². The van der Waals surface area contributed by atoms with Gasteiger partial charge in [0, 0.05) is 50.7 Å². The molecule has 3 rings (SSSR count). The van der Waals surface area contributed by atoms with E-state index in [0.29, 0.717) is 6.54 Å². The van der Waals surface area contributed by atoms with E-state index in [2.05, 4.69) is 51.3 Å². The fourth-order valence-corrected chi connectivity index (χ4v) is 3.73. The van der Waals surface area contributed by atoms with Crippen LogP contribution >= 0.6 is 11.3 Å². The Morgan fingerprint density at radius 3 is 2.44 bits per heavy atom. The molecule has 144 valence electrons. The van der Waals surface area contributed by atoms with Gasteiger partial charge in [0.15, 0.2) is 0 Å². The normalized spacial score (nSPS) is 16.1. The van der Waals surface area contributed by atoms with E-state index < -0.39 is 0 Å². The molecular weight excluding hydrogens is 356 g/mol. The molecule has 0 aliphatic carbocycles. The van der Waals surface area contributed by atoms with Crippen molar-refractivity contribution in [2.24, 2.45) is 0 Å². The van der Waals surface area contributed by atoms with Crippen LogP contribution in [0, 0.1) is 6.92 Å². The van der Waals surface area contributed by atoms with E-state index in [-0.39, 0.29) is 5.91 Å². The van der Waals surface area contributed by atoms with Crippen LogP contribution in [0.2, 0.25) is 0 Å². The van der Waals surface area contributed by atoms with Crippen LogP contribution in [0.15, 0.2) is 35.7 Å². The Morgan fingerprint density at radius 1 is 1.15 bits per heavy atom. The van der Waals surface area contributed by atoms with Gasteiger partial charge in [-0.25, -0.2) is 4.98 Å². The molecule has 1 aliphatic heterocycles. The predicted molar refractivity (Wildman–Crippen MR) is 112 cm³/mol. The molecular formula is C21H28N4OS. The minimum absolute atomic E-state index is 0.0986. The highest BCUT2D eigenvalue weighted by Crippen LogP contribution is 2.11. The average Bonchev–Trinajstić information content (AvgIpc) is 3.12. The third kappa shape index (κ3) is 6.27. The van der Waals surface area contributed by atoms with Crippen LogP contribution in [-0.2, 0) is 17.9 Å². The summed E-state index contributed by atoms with van der Waals surface area (Å²) in [6, 6.07) is 8.54. The summed E-state index contributed by atoms with van der Waals surface area (Å²) in [7, 11) is 0. The number of benzene rings is 1. The Kier molecular flexibility index (Phi) is 7.15. The van der Waals surface area contributed by atoms with Gasteiger partial charge in [-0.1, -0.05) is 31.2 Å². The van der Waals surface area contributed by atoms with Crippen LogP contribution in [-0.4, -0.2) is 53.4 Å². The monoisotopic (exact) mass is 384 g/mol. The van der Waals surface area contributed by atoms with E-state index in [1.165, 1.54) is 5.56 Å². The van der Waals surface area contributed by atoms with Crippen molar-refractivity contribution in [2.45, 2.75) is 26.9 Å². The molecule has 0 unspecified atom stereocenters. The number of nitrogens with one attached hydrogen (secondary N) is 1. The van der Waals surface area contributed by atoms with Crippen LogP contribution in [0.25, 0.3) is 6.08 Å². The van der Waals surface area contributed by atoms with Crippen LogP contribution < -0.4 is 5.32 Å². The maximum Gasteiger partial charge on any atom is 0.244 e. The summed E-state index contributed by atoms with van der Waals surface area (Å²) < 4.78 is 0. The van der Waals surface area contributed by atoms with Gasteiger partial charge in [-0.15, -0.1) is 11.3 Å².